The number of β-amino-alcohol motifs (C(OH)–C–C–N with tert-alkyl or cyclic N) is 1. The van der Waals surface area contributed by atoms with Crippen LogP contribution in [0.5, 0.6) is 0 Å². The molecule has 0 bridgehead atoms. The number of aliphatic hydroxyl groups excluding tert-OH is 1. The Morgan fingerprint density at radius 1 is 1.55 bits per heavy atom. The summed E-state index contributed by atoms with van der Waals surface area (Å²) in [5.74, 6) is -0.203. The molecule has 8 nitrogen and oxygen atoms in total. The van der Waals surface area contributed by atoms with Crippen LogP contribution in [-0.2, 0) is 21.2 Å². The molecule has 1 aromatic heterocycles. The summed E-state index contributed by atoms with van der Waals surface area (Å²) in [5, 5.41) is 17.1. The minimum atomic E-state index is -3.29. The number of nitrogens with zero attached hydrogens (tertiary/aromatic N) is 2. The van der Waals surface area contributed by atoms with E-state index in [9.17, 15) is 18.3 Å². The Labute approximate surface area is 129 Å². The highest BCUT2D eigenvalue weighted by molar-refractivity contribution is 7.88. The van der Waals surface area contributed by atoms with Gasteiger partial charge in [-0.25, -0.2) is 13.1 Å². The Morgan fingerprint density at radius 3 is 2.86 bits per heavy atom. The van der Waals surface area contributed by atoms with Gasteiger partial charge in [-0.1, -0.05) is 0 Å². The van der Waals surface area contributed by atoms with E-state index >= 15 is 0 Å². The van der Waals surface area contributed by atoms with Crippen LogP contribution < -0.4 is 4.72 Å². The highest BCUT2D eigenvalue weighted by Crippen LogP contribution is 2.21. The lowest BCUT2D eigenvalue weighted by Gasteiger charge is -2.15. The third kappa shape index (κ3) is 4.79. The quantitative estimate of drug-likeness (QED) is 0.620. The molecule has 1 fully saturated rings. The fraction of sp³-hybridized carbons (Fsp3) is 0.692. The van der Waals surface area contributed by atoms with Gasteiger partial charge in [-0.05, 0) is 19.4 Å². The molecule has 0 spiro atoms. The predicted molar refractivity (Wildman–Crippen MR) is 80.6 cm³/mol. The Kier molecular flexibility index (Phi) is 5.20. The van der Waals surface area contributed by atoms with E-state index in [1.165, 1.54) is 0 Å². The maximum Gasteiger partial charge on any atom is 0.223 e. The maximum absolute atomic E-state index is 12.0. The highest BCUT2D eigenvalue weighted by atomic mass is 32.2. The van der Waals surface area contributed by atoms with E-state index in [1.54, 1.807) is 4.90 Å². The molecular weight excluding hydrogens is 308 g/mol. The molecule has 1 amide bonds. The number of H-pyrrole nitrogens is 1. The summed E-state index contributed by atoms with van der Waals surface area (Å²) >= 11 is 0. The lowest BCUT2D eigenvalue weighted by molar-refractivity contribution is -0.130. The molecule has 124 valence electrons. The molecule has 22 heavy (non-hydrogen) atoms. The van der Waals surface area contributed by atoms with Gasteiger partial charge in [-0.15, -0.1) is 0 Å². The zero-order valence-electron chi connectivity index (χ0n) is 12.7. The summed E-state index contributed by atoms with van der Waals surface area (Å²) in [4.78, 5) is 13.6. The minimum Gasteiger partial charge on any atom is -0.391 e. The number of aliphatic hydroxyl groups is 1. The second-order valence-corrected chi connectivity index (χ2v) is 7.62. The molecule has 1 aliphatic rings. The topological polar surface area (TPSA) is 115 Å². The van der Waals surface area contributed by atoms with Crippen LogP contribution in [-0.4, -0.2) is 66.5 Å². The van der Waals surface area contributed by atoms with E-state index in [0.717, 1.165) is 17.6 Å². The number of hydrogen-bond acceptors (Lipinski definition) is 5. The van der Waals surface area contributed by atoms with Crippen LogP contribution in [0.1, 0.15) is 17.8 Å². The van der Waals surface area contributed by atoms with Gasteiger partial charge in [0.25, 0.3) is 0 Å². The molecule has 0 radical (unpaired) electrons. The number of hydrogen-bond donors (Lipinski definition) is 3. The van der Waals surface area contributed by atoms with Crippen molar-refractivity contribution in [3.05, 3.63) is 17.5 Å². The molecule has 0 aromatic carbocycles. The van der Waals surface area contributed by atoms with Crippen molar-refractivity contribution in [2.24, 2.45) is 5.92 Å². The van der Waals surface area contributed by atoms with Crippen LogP contribution in [0.15, 0.2) is 6.07 Å². The van der Waals surface area contributed by atoms with Crippen molar-refractivity contribution < 1.29 is 18.3 Å². The fourth-order valence-corrected chi connectivity index (χ4v) is 3.08. The molecular formula is C13H22N4O4S. The summed E-state index contributed by atoms with van der Waals surface area (Å²) in [6, 6.07) is 1.92. The number of sulfonamides is 1. The van der Waals surface area contributed by atoms with Crippen molar-refractivity contribution >= 4 is 15.9 Å². The summed E-state index contributed by atoms with van der Waals surface area (Å²) in [5.41, 5.74) is 1.83. The standard InChI is InChI=1S/C13H22N4O4S/c1-9-5-11(16-15-9)6-10-7-17(8-12(10)18)13(19)3-4-14-22(2,20)21/h5,10,12,14,18H,3-4,6-8H2,1-2H3,(H,15,16)/t10-,12-/m1/s1. The fourth-order valence-electron chi connectivity index (χ4n) is 2.61. The van der Waals surface area contributed by atoms with Crippen molar-refractivity contribution in [2.45, 2.75) is 25.9 Å². The number of aromatic amines is 1. The number of carbonyl (C=O) groups excluding carboxylic acids is 1. The molecule has 1 aromatic rings. The van der Waals surface area contributed by atoms with Crippen molar-refractivity contribution in [2.75, 3.05) is 25.9 Å². The number of aryl methyl sites for hydroxylation is 1. The largest absolute Gasteiger partial charge is 0.391 e. The monoisotopic (exact) mass is 330 g/mol. The van der Waals surface area contributed by atoms with Crippen molar-refractivity contribution in [1.29, 1.82) is 0 Å². The van der Waals surface area contributed by atoms with Crippen molar-refractivity contribution in [3.8, 4) is 0 Å². The molecule has 0 unspecified atom stereocenters. The molecule has 0 saturated carbocycles. The lowest BCUT2D eigenvalue weighted by Crippen LogP contribution is -2.33. The zero-order chi connectivity index (χ0) is 16.3. The average Bonchev–Trinajstić information content (AvgIpc) is 2.95. The first-order valence-corrected chi connectivity index (χ1v) is 9.05. The van der Waals surface area contributed by atoms with E-state index in [0.29, 0.717) is 13.0 Å². The number of likely N-dealkylation sites (tertiary alicyclic amines) is 1. The molecule has 2 atom stereocenters. The molecule has 1 saturated heterocycles. The first-order valence-electron chi connectivity index (χ1n) is 7.16. The second kappa shape index (κ2) is 6.76. The molecule has 2 heterocycles. The van der Waals surface area contributed by atoms with Crippen LogP contribution in [0.2, 0.25) is 0 Å². The number of amides is 1. The number of rotatable bonds is 6. The van der Waals surface area contributed by atoms with Crippen LogP contribution in [0.4, 0.5) is 0 Å². The Hall–Kier alpha value is -1.45. The highest BCUT2D eigenvalue weighted by Gasteiger charge is 2.34. The summed E-state index contributed by atoms with van der Waals surface area (Å²) < 4.78 is 24.2. The van der Waals surface area contributed by atoms with Gasteiger partial charge in [0.05, 0.1) is 18.1 Å². The molecule has 3 N–H and O–H groups in total. The zero-order valence-corrected chi connectivity index (χ0v) is 13.6. The van der Waals surface area contributed by atoms with Gasteiger partial charge in [-0.3, -0.25) is 9.89 Å². The Bertz CT molecular complexity index is 628. The Balaban J connectivity index is 1.83. The van der Waals surface area contributed by atoms with Gasteiger partial charge in [0.1, 0.15) is 0 Å². The Morgan fingerprint density at radius 2 is 2.27 bits per heavy atom. The normalized spacial score (nSPS) is 22.2. The van der Waals surface area contributed by atoms with Gasteiger partial charge >= 0.3 is 0 Å². The molecule has 0 aliphatic carbocycles. The first kappa shape index (κ1) is 16.9. The smallest absolute Gasteiger partial charge is 0.223 e. The van der Waals surface area contributed by atoms with E-state index < -0.39 is 16.1 Å². The third-order valence-electron chi connectivity index (χ3n) is 3.69. The lowest BCUT2D eigenvalue weighted by atomic mass is 10.0. The van der Waals surface area contributed by atoms with Crippen molar-refractivity contribution in [3.63, 3.8) is 0 Å². The van der Waals surface area contributed by atoms with Crippen LogP contribution in [0.3, 0.4) is 0 Å². The summed E-state index contributed by atoms with van der Waals surface area (Å²) in [7, 11) is -3.29. The van der Waals surface area contributed by atoms with Gasteiger partial charge in [-0.2, -0.15) is 5.10 Å². The summed E-state index contributed by atoms with van der Waals surface area (Å²) in [6.45, 7) is 2.73. The van der Waals surface area contributed by atoms with E-state index in [-0.39, 0.29) is 31.3 Å². The van der Waals surface area contributed by atoms with E-state index in [4.69, 9.17) is 0 Å². The van der Waals surface area contributed by atoms with E-state index in [1.807, 2.05) is 13.0 Å². The number of nitrogens with one attached hydrogen (secondary N) is 2. The third-order valence-corrected chi connectivity index (χ3v) is 4.42. The van der Waals surface area contributed by atoms with Gasteiger partial charge in [0, 0.05) is 37.7 Å². The predicted octanol–water partition coefficient (Wildman–Crippen LogP) is -0.981. The van der Waals surface area contributed by atoms with E-state index in [2.05, 4.69) is 14.9 Å². The van der Waals surface area contributed by atoms with Gasteiger partial charge < -0.3 is 10.0 Å². The summed E-state index contributed by atoms with van der Waals surface area (Å²) in [6.07, 6.45) is 1.17. The molecule has 1 aliphatic heterocycles. The van der Waals surface area contributed by atoms with Crippen LogP contribution in [0, 0.1) is 12.8 Å². The van der Waals surface area contributed by atoms with Crippen LogP contribution in [0.25, 0.3) is 0 Å². The van der Waals surface area contributed by atoms with Gasteiger partial charge in [0.15, 0.2) is 0 Å². The first-order chi connectivity index (χ1) is 10.2. The molecule has 2 rings (SSSR count). The number of aromatic nitrogens is 2. The molecule has 9 heteroatoms. The number of carbonyl (C=O) groups is 1. The second-order valence-electron chi connectivity index (χ2n) is 5.79. The average molecular weight is 330 g/mol. The SMILES string of the molecule is Cc1cc(C[C@@H]2CN(C(=O)CCNS(C)(=O)=O)C[C@H]2O)n[nH]1. The maximum atomic E-state index is 12.0. The minimum absolute atomic E-state index is 0.0467. The van der Waals surface area contributed by atoms with Crippen LogP contribution >= 0.6 is 0 Å². The van der Waals surface area contributed by atoms with Crippen molar-refractivity contribution in [1.82, 2.24) is 19.8 Å². The van der Waals surface area contributed by atoms with Gasteiger partial charge in [0.2, 0.25) is 15.9 Å².